The molecule has 2 aliphatic rings. The van der Waals surface area contributed by atoms with Crippen molar-refractivity contribution in [2.45, 2.75) is 37.5 Å². The average Bonchev–Trinajstić information content (AvgIpc) is 2.53. The lowest BCUT2D eigenvalue weighted by Gasteiger charge is -2.31. The molecule has 0 aromatic heterocycles. The lowest BCUT2D eigenvalue weighted by molar-refractivity contribution is -0.122. The van der Waals surface area contributed by atoms with Crippen LogP contribution in [0.15, 0.2) is 16.6 Å². The van der Waals surface area contributed by atoms with Gasteiger partial charge in [0.15, 0.2) is 0 Å². The predicted octanol–water partition coefficient (Wildman–Crippen LogP) is 3.74. The Labute approximate surface area is 108 Å². The molecule has 1 aliphatic carbocycles. The first-order chi connectivity index (χ1) is 8.13. The molecular formula is C13H13BrFNO. The van der Waals surface area contributed by atoms with E-state index in [1.54, 1.807) is 6.07 Å². The second-order valence-electron chi connectivity index (χ2n) is 4.91. The molecule has 1 N–H and O–H groups in total. The quantitative estimate of drug-likeness (QED) is 0.776. The third kappa shape index (κ3) is 1.53. The van der Waals surface area contributed by atoms with Gasteiger partial charge in [0, 0.05) is 15.7 Å². The topological polar surface area (TPSA) is 29.1 Å². The van der Waals surface area contributed by atoms with E-state index in [1.807, 2.05) is 0 Å². The minimum absolute atomic E-state index is 0.0239. The van der Waals surface area contributed by atoms with Crippen molar-refractivity contribution in [2.75, 3.05) is 5.32 Å². The van der Waals surface area contributed by atoms with E-state index >= 15 is 0 Å². The van der Waals surface area contributed by atoms with Gasteiger partial charge in [-0.3, -0.25) is 4.79 Å². The molecule has 1 aromatic carbocycles. The Morgan fingerprint density at radius 1 is 1.24 bits per heavy atom. The van der Waals surface area contributed by atoms with Crippen LogP contribution in [0.4, 0.5) is 10.1 Å². The minimum atomic E-state index is -0.599. The van der Waals surface area contributed by atoms with Crippen LogP contribution in [0, 0.1) is 5.82 Å². The third-order valence-electron chi connectivity index (χ3n) is 3.92. The first-order valence-electron chi connectivity index (χ1n) is 5.94. The maximum atomic E-state index is 14.1. The van der Waals surface area contributed by atoms with E-state index in [4.69, 9.17) is 0 Å². The summed E-state index contributed by atoms with van der Waals surface area (Å²) in [4.78, 5) is 12.2. The zero-order chi connectivity index (χ0) is 12.0. The van der Waals surface area contributed by atoms with Crippen molar-refractivity contribution in [1.82, 2.24) is 0 Å². The predicted molar refractivity (Wildman–Crippen MR) is 67.5 cm³/mol. The molecule has 1 amide bonds. The summed E-state index contributed by atoms with van der Waals surface area (Å²) >= 11 is 3.26. The minimum Gasteiger partial charge on any atom is -0.325 e. The number of hydrogen-bond acceptors (Lipinski definition) is 1. The SMILES string of the molecule is O=C1Nc2cc(Br)cc(F)c2C12CCCCC2. The molecule has 1 spiro atoms. The highest BCUT2D eigenvalue weighted by Crippen LogP contribution is 2.49. The molecule has 4 heteroatoms. The zero-order valence-corrected chi connectivity index (χ0v) is 10.9. The van der Waals surface area contributed by atoms with Crippen molar-refractivity contribution in [3.63, 3.8) is 0 Å². The van der Waals surface area contributed by atoms with Crippen molar-refractivity contribution < 1.29 is 9.18 Å². The largest absolute Gasteiger partial charge is 0.325 e. The number of amides is 1. The molecule has 3 rings (SSSR count). The molecule has 1 fully saturated rings. The van der Waals surface area contributed by atoms with Gasteiger partial charge in [0.2, 0.25) is 5.91 Å². The fourth-order valence-corrected chi connectivity index (χ4v) is 3.58. The molecule has 2 nitrogen and oxygen atoms in total. The van der Waals surface area contributed by atoms with Crippen molar-refractivity contribution in [2.24, 2.45) is 0 Å². The van der Waals surface area contributed by atoms with E-state index in [2.05, 4.69) is 21.2 Å². The van der Waals surface area contributed by atoms with E-state index in [9.17, 15) is 9.18 Å². The number of anilines is 1. The van der Waals surface area contributed by atoms with Crippen LogP contribution in [-0.4, -0.2) is 5.91 Å². The number of nitrogens with one attached hydrogen (secondary N) is 1. The molecule has 1 aliphatic heterocycles. The van der Waals surface area contributed by atoms with Gasteiger partial charge in [-0.25, -0.2) is 4.39 Å². The Bertz CT molecular complexity index is 494. The first kappa shape index (κ1) is 11.2. The number of carbonyl (C=O) groups excluding carboxylic acids is 1. The summed E-state index contributed by atoms with van der Waals surface area (Å²) in [5, 5.41) is 2.83. The van der Waals surface area contributed by atoms with Gasteiger partial charge >= 0.3 is 0 Å². The van der Waals surface area contributed by atoms with Crippen LogP contribution in [-0.2, 0) is 10.2 Å². The molecule has 0 saturated heterocycles. The van der Waals surface area contributed by atoms with Crippen LogP contribution in [0.5, 0.6) is 0 Å². The number of rotatable bonds is 0. The van der Waals surface area contributed by atoms with Gasteiger partial charge in [0.1, 0.15) is 5.82 Å². The molecule has 1 aromatic rings. The van der Waals surface area contributed by atoms with E-state index in [-0.39, 0.29) is 11.7 Å². The van der Waals surface area contributed by atoms with Crippen molar-refractivity contribution in [3.8, 4) is 0 Å². The number of fused-ring (bicyclic) bond motifs is 2. The molecule has 90 valence electrons. The van der Waals surface area contributed by atoms with Gasteiger partial charge in [-0.2, -0.15) is 0 Å². The highest BCUT2D eigenvalue weighted by atomic mass is 79.9. The highest BCUT2D eigenvalue weighted by Gasteiger charge is 2.48. The monoisotopic (exact) mass is 297 g/mol. The Kier molecular flexibility index (Phi) is 2.51. The molecule has 0 atom stereocenters. The maximum absolute atomic E-state index is 14.1. The number of carbonyl (C=O) groups is 1. The summed E-state index contributed by atoms with van der Waals surface area (Å²) in [5.74, 6) is -0.293. The normalized spacial score (nSPS) is 21.4. The van der Waals surface area contributed by atoms with Crippen LogP contribution in [0.2, 0.25) is 0 Å². The Hall–Kier alpha value is -0.900. The van der Waals surface area contributed by atoms with Crippen molar-refractivity contribution >= 4 is 27.5 Å². The summed E-state index contributed by atoms with van der Waals surface area (Å²) in [6.07, 6.45) is 4.68. The van der Waals surface area contributed by atoms with E-state index < -0.39 is 5.41 Å². The highest BCUT2D eigenvalue weighted by molar-refractivity contribution is 9.10. The van der Waals surface area contributed by atoms with Crippen molar-refractivity contribution in [1.29, 1.82) is 0 Å². The summed E-state index contributed by atoms with van der Waals surface area (Å²) in [6, 6.07) is 3.25. The fraction of sp³-hybridized carbons (Fsp3) is 0.462. The van der Waals surface area contributed by atoms with Gasteiger partial charge in [-0.1, -0.05) is 35.2 Å². The van der Waals surface area contributed by atoms with Crippen LogP contribution in [0.3, 0.4) is 0 Å². The molecule has 0 radical (unpaired) electrons. The number of halogens is 2. The van der Waals surface area contributed by atoms with Crippen LogP contribution >= 0.6 is 15.9 Å². The first-order valence-corrected chi connectivity index (χ1v) is 6.74. The summed E-state index contributed by atoms with van der Waals surface area (Å²) in [6.45, 7) is 0. The smallest absolute Gasteiger partial charge is 0.235 e. The Balaban J connectivity index is 2.18. The molecule has 1 saturated carbocycles. The summed E-state index contributed by atoms with van der Waals surface area (Å²) < 4.78 is 14.8. The lowest BCUT2D eigenvalue weighted by atomic mass is 9.70. The lowest BCUT2D eigenvalue weighted by Crippen LogP contribution is -2.36. The van der Waals surface area contributed by atoms with E-state index in [0.29, 0.717) is 15.7 Å². The Morgan fingerprint density at radius 3 is 2.65 bits per heavy atom. The van der Waals surface area contributed by atoms with Crippen molar-refractivity contribution in [3.05, 3.63) is 28.0 Å². The average molecular weight is 298 g/mol. The summed E-state index contributed by atoms with van der Waals surface area (Å²) in [5.41, 5.74) is 0.632. The molecular weight excluding hydrogens is 285 g/mol. The van der Waals surface area contributed by atoms with Gasteiger partial charge in [-0.05, 0) is 25.0 Å². The number of benzene rings is 1. The van der Waals surface area contributed by atoms with Crippen LogP contribution < -0.4 is 5.32 Å². The third-order valence-corrected chi connectivity index (χ3v) is 4.38. The maximum Gasteiger partial charge on any atom is 0.235 e. The van der Waals surface area contributed by atoms with E-state index in [0.717, 1.165) is 32.1 Å². The zero-order valence-electron chi connectivity index (χ0n) is 9.35. The number of hydrogen-bond donors (Lipinski definition) is 1. The molecule has 17 heavy (non-hydrogen) atoms. The molecule has 0 bridgehead atoms. The van der Waals surface area contributed by atoms with Crippen LogP contribution in [0.25, 0.3) is 0 Å². The standard InChI is InChI=1S/C13H13BrFNO/c14-8-6-9(15)11-10(7-8)16-12(17)13(11)4-2-1-3-5-13/h6-7H,1-5H2,(H,16,17). The van der Waals surface area contributed by atoms with Gasteiger partial charge in [-0.15, -0.1) is 0 Å². The van der Waals surface area contributed by atoms with Gasteiger partial charge in [0.05, 0.1) is 5.41 Å². The fourth-order valence-electron chi connectivity index (χ4n) is 3.15. The second-order valence-corrected chi connectivity index (χ2v) is 5.82. The van der Waals surface area contributed by atoms with Crippen LogP contribution in [0.1, 0.15) is 37.7 Å². The second kappa shape index (κ2) is 3.80. The summed E-state index contributed by atoms with van der Waals surface area (Å²) in [7, 11) is 0. The van der Waals surface area contributed by atoms with Gasteiger partial charge in [0.25, 0.3) is 0 Å². The molecule has 1 heterocycles. The molecule has 0 unspecified atom stereocenters. The van der Waals surface area contributed by atoms with Gasteiger partial charge < -0.3 is 5.32 Å². The Morgan fingerprint density at radius 2 is 1.94 bits per heavy atom. The van der Waals surface area contributed by atoms with E-state index in [1.165, 1.54) is 6.07 Å².